The molecule has 0 spiro atoms. The molecule has 1 aliphatic rings. The standard InChI is InChI=1S/C24H21Br2N3O4/c25-22-13-18(15-27-19-3-7-20(8-4-19)28-9-11-32-12-10-28)14-23(26)24(22)33-16-17-1-5-21(6-2-17)29(30)31/h1-8,13-15H,9-12,16H2. The average molecular weight is 575 g/mol. The number of non-ortho nitro benzene ring substituents is 1. The summed E-state index contributed by atoms with van der Waals surface area (Å²) in [5, 5.41) is 10.8. The second-order valence-electron chi connectivity index (χ2n) is 7.40. The fourth-order valence-electron chi connectivity index (χ4n) is 3.38. The minimum atomic E-state index is -0.420. The molecule has 0 bridgehead atoms. The van der Waals surface area contributed by atoms with Crippen LogP contribution in [0.5, 0.6) is 5.75 Å². The predicted molar refractivity (Wildman–Crippen MR) is 136 cm³/mol. The van der Waals surface area contributed by atoms with E-state index in [0.717, 1.165) is 52.1 Å². The summed E-state index contributed by atoms with van der Waals surface area (Å²) in [6, 6.07) is 18.4. The molecule has 0 saturated carbocycles. The van der Waals surface area contributed by atoms with Crippen LogP contribution in [-0.4, -0.2) is 37.4 Å². The van der Waals surface area contributed by atoms with Crippen LogP contribution in [0, 0.1) is 10.1 Å². The smallest absolute Gasteiger partial charge is 0.269 e. The first kappa shape index (κ1) is 23.4. The number of anilines is 1. The van der Waals surface area contributed by atoms with E-state index in [-0.39, 0.29) is 12.3 Å². The number of hydrogen-bond donors (Lipinski definition) is 0. The molecule has 33 heavy (non-hydrogen) atoms. The SMILES string of the molecule is O=[N+]([O-])c1ccc(COc2c(Br)cc(C=Nc3ccc(N4CCOCC4)cc3)cc2Br)cc1. The van der Waals surface area contributed by atoms with Gasteiger partial charge in [-0.2, -0.15) is 0 Å². The van der Waals surface area contributed by atoms with Crippen molar-refractivity contribution in [3.8, 4) is 5.75 Å². The number of halogens is 2. The van der Waals surface area contributed by atoms with Gasteiger partial charge in [0.15, 0.2) is 0 Å². The zero-order valence-electron chi connectivity index (χ0n) is 17.6. The third kappa shape index (κ3) is 6.19. The van der Waals surface area contributed by atoms with Crippen molar-refractivity contribution in [1.82, 2.24) is 0 Å². The second-order valence-corrected chi connectivity index (χ2v) is 9.11. The topological polar surface area (TPSA) is 77.2 Å². The summed E-state index contributed by atoms with van der Waals surface area (Å²) in [5.41, 5.74) is 3.86. The summed E-state index contributed by atoms with van der Waals surface area (Å²) < 4.78 is 12.9. The van der Waals surface area contributed by atoms with Crippen molar-refractivity contribution >= 4 is 55.1 Å². The molecule has 170 valence electrons. The lowest BCUT2D eigenvalue weighted by Crippen LogP contribution is -2.36. The molecule has 4 rings (SSSR count). The minimum absolute atomic E-state index is 0.0560. The van der Waals surface area contributed by atoms with Crippen molar-refractivity contribution in [2.24, 2.45) is 4.99 Å². The number of aliphatic imine (C=N–C) groups is 1. The maximum atomic E-state index is 10.8. The van der Waals surface area contributed by atoms with Crippen LogP contribution < -0.4 is 9.64 Å². The van der Waals surface area contributed by atoms with Crippen molar-refractivity contribution in [3.05, 3.63) is 90.9 Å². The van der Waals surface area contributed by atoms with Gasteiger partial charge in [0.05, 0.1) is 32.8 Å². The van der Waals surface area contributed by atoms with Gasteiger partial charge >= 0.3 is 0 Å². The first-order valence-corrected chi connectivity index (χ1v) is 11.9. The molecule has 0 aromatic heterocycles. The molecule has 0 atom stereocenters. The van der Waals surface area contributed by atoms with Gasteiger partial charge in [-0.25, -0.2) is 0 Å². The van der Waals surface area contributed by atoms with E-state index in [9.17, 15) is 10.1 Å². The Morgan fingerprint density at radius 1 is 1.03 bits per heavy atom. The zero-order chi connectivity index (χ0) is 23.2. The van der Waals surface area contributed by atoms with Gasteiger partial charge in [0.1, 0.15) is 12.4 Å². The van der Waals surface area contributed by atoms with Crippen LogP contribution in [0.3, 0.4) is 0 Å². The van der Waals surface area contributed by atoms with E-state index >= 15 is 0 Å². The van der Waals surface area contributed by atoms with E-state index in [1.807, 2.05) is 24.3 Å². The zero-order valence-corrected chi connectivity index (χ0v) is 20.8. The van der Waals surface area contributed by atoms with Gasteiger partial charge in [-0.3, -0.25) is 15.1 Å². The maximum Gasteiger partial charge on any atom is 0.269 e. The number of ether oxygens (including phenoxy) is 2. The van der Waals surface area contributed by atoms with Crippen LogP contribution >= 0.6 is 31.9 Å². The molecule has 0 N–H and O–H groups in total. The lowest BCUT2D eigenvalue weighted by molar-refractivity contribution is -0.384. The summed E-state index contributed by atoms with van der Waals surface area (Å²) in [6.07, 6.45) is 1.80. The molecular weight excluding hydrogens is 554 g/mol. The van der Waals surface area contributed by atoms with Crippen LogP contribution in [0.4, 0.5) is 17.1 Å². The van der Waals surface area contributed by atoms with Gasteiger partial charge in [0.25, 0.3) is 5.69 Å². The van der Waals surface area contributed by atoms with Crippen molar-refractivity contribution in [2.45, 2.75) is 6.61 Å². The van der Waals surface area contributed by atoms with Crippen molar-refractivity contribution < 1.29 is 14.4 Å². The van der Waals surface area contributed by atoms with Crippen LogP contribution in [0.25, 0.3) is 0 Å². The van der Waals surface area contributed by atoms with Crippen LogP contribution in [0.2, 0.25) is 0 Å². The fourth-order valence-corrected chi connectivity index (χ4v) is 4.83. The third-order valence-electron chi connectivity index (χ3n) is 5.14. The fraction of sp³-hybridized carbons (Fsp3) is 0.208. The Labute approximate surface area is 208 Å². The number of nitrogens with zero attached hydrogens (tertiary/aromatic N) is 3. The summed E-state index contributed by atoms with van der Waals surface area (Å²) in [5.74, 6) is 0.653. The molecule has 9 heteroatoms. The Morgan fingerprint density at radius 2 is 1.67 bits per heavy atom. The van der Waals surface area contributed by atoms with Crippen molar-refractivity contribution in [2.75, 3.05) is 31.2 Å². The maximum absolute atomic E-state index is 10.8. The summed E-state index contributed by atoms with van der Waals surface area (Å²) in [6.45, 7) is 3.62. The van der Waals surface area contributed by atoms with Gasteiger partial charge in [0.2, 0.25) is 0 Å². The Balaban J connectivity index is 1.40. The molecule has 1 aliphatic heterocycles. The molecule has 0 amide bonds. The van der Waals surface area contributed by atoms with E-state index in [2.05, 4.69) is 53.9 Å². The van der Waals surface area contributed by atoms with Gasteiger partial charge in [-0.15, -0.1) is 0 Å². The molecule has 7 nitrogen and oxygen atoms in total. The van der Waals surface area contributed by atoms with Crippen LogP contribution in [0.15, 0.2) is 74.6 Å². The Kier molecular flexibility index (Phi) is 7.74. The molecule has 1 fully saturated rings. The number of nitro groups is 1. The highest BCUT2D eigenvalue weighted by atomic mass is 79.9. The van der Waals surface area contributed by atoms with Gasteiger partial charge in [0, 0.05) is 37.1 Å². The van der Waals surface area contributed by atoms with E-state index in [0.29, 0.717) is 5.75 Å². The van der Waals surface area contributed by atoms with Gasteiger partial charge < -0.3 is 14.4 Å². The monoisotopic (exact) mass is 573 g/mol. The lowest BCUT2D eigenvalue weighted by Gasteiger charge is -2.28. The van der Waals surface area contributed by atoms with Crippen LogP contribution in [0.1, 0.15) is 11.1 Å². The van der Waals surface area contributed by atoms with E-state index in [4.69, 9.17) is 9.47 Å². The molecule has 0 radical (unpaired) electrons. The normalized spacial score (nSPS) is 13.9. The third-order valence-corrected chi connectivity index (χ3v) is 6.32. The molecular formula is C24H21Br2N3O4. The van der Waals surface area contributed by atoms with Crippen molar-refractivity contribution in [3.63, 3.8) is 0 Å². The molecule has 3 aromatic rings. The Morgan fingerprint density at radius 3 is 2.27 bits per heavy atom. The summed E-state index contributed by atoms with van der Waals surface area (Å²) in [4.78, 5) is 17.3. The first-order valence-electron chi connectivity index (χ1n) is 10.3. The molecule has 0 unspecified atom stereocenters. The lowest BCUT2D eigenvalue weighted by atomic mass is 10.2. The first-order chi connectivity index (χ1) is 16.0. The quantitative estimate of drug-likeness (QED) is 0.188. The molecule has 3 aromatic carbocycles. The number of hydrogen-bond acceptors (Lipinski definition) is 6. The predicted octanol–water partition coefficient (Wildman–Crippen LogP) is 6.29. The minimum Gasteiger partial charge on any atom is -0.487 e. The highest BCUT2D eigenvalue weighted by Crippen LogP contribution is 2.35. The van der Waals surface area contributed by atoms with E-state index in [1.54, 1.807) is 18.3 Å². The summed E-state index contributed by atoms with van der Waals surface area (Å²) in [7, 11) is 0. The molecule has 1 saturated heterocycles. The number of morpholine rings is 1. The molecule has 1 heterocycles. The number of benzene rings is 3. The Bertz CT molecular complexity index is 1120. The van der Waals surface area contributed by atoms with E-state index in [1.165, 1.54) is 17.8 Å². The number of rotatable bonds is 7. The number of nitro benzene ring substituents is 1. The summed E-state index contributed by atoms with van der Waals surface area (Å²) >= 11 is 7.12. The second kappa shape index (κ2) is 10.9. The van der Waals surface area contributed by atoms with Gasteiger partial charge in [-0.1, -0.05) is 0 Å². The highest BCUT2D eigenvalue weighted by molar-refractivity contribution is 9.11. The van der Waals surface area contributed by atoms with Crippen LogP contribution in [-0.2, 0) is 11.3 Å². The average Bonchev–Trinajstić information content (AvgIpc) is 2.83. The largest absolute Gasteiger partial charge is 0.487 e. The van der Waals surface area contributed by atoms with Gasteiger partial charge in [-0.05, 0) is 91.5 Å². The Hall–Kier alpha value is -2.75. The van der Waals surface area contributed by atoms with E-state index < -0.39 is 4.92 Å². The molecule has 0 aliphatic carbocycles. The van der Waals surface area contributed by atoms with Crippen molar-refractivity contribution in [1.29, 1.82) is 0 Å². The highest BCUT2D eigenvalue weighted by Gasteiger charge is 2.12.